The van der Waals surface area contributed by atoms with Crippen LogP contribution in [0.4, 0.5) is 0 Å². The smallest absolute Gasteiger partial charge is 0.307 e. The van der Waals surface area contributed by atoms with Crippen LogP contribution in [0.5, 0.6) is 0 Å². The fourth-order valence-corrected chi connectivity index (χ4v) is 1.89. The molecule has 0 aliphatic heterocycles. The number of hydrogen-bond acceptors (Lipinski definition) is 3. The monoisotopic (exact) mass is 295 g/mol. The van der Waals surface area contributed by atoms with Gasteiger partial charge in [-0.15, -0.1) is 6.58 Å². The van der Waals surface area contributed by atoms with E-state index in [2.05, 4.69) is 6.58 Å². The number of ether oxygens (including phenoxy) is 1. The lowest BCUT2D eigenvalue weighted by atomic mass is 10.2. The van der Waals surface area contributed by atoms with Crippen molar-refractivity contribution in [3.63, 3.8) is 0 Å². The average Bonchev–Trinajstić information content (AvgIpc) is 2.43. The highest BCUT2D eigenvalue weighted by atomic mass is 35.5. The van der Waals surface area contributed by atoms with Crippen LogP contribution in [-0.2, 0) is 9.53 Å². The first kappa shape index (κ1) is 16.2. The van der Waals surface area contributed by atoms with Crippen molar-refractivity contribution >= 4 is 23.5 Å². The number of benzene rings is 1. The lowest BCUT2D eigenvalue weighted by Crippen LogP contribution is -2.33. The van der Waals surface area contributed by atoms with E-state index in [9.17, 15) is 9.59 Å². The molecule has 0 saturated carbocycles. The van der Waals surface area contributed by atoms with Gasteiger partial charge in [0, 0.05) is 23.7 Å². The fraction of sp³-hybridized carbons (Fsp3) is 0.333. The van der Waals surface area contributed by atoms with Gasteiger partial charge in [-0.1, -0.05) is 23.7 Å². The predicted octanol–water partition coefficient (Wildman–Crippen LogP) is 2.92. The summed E-state index contributed by atoms with van der Waals surface area (Å²) in [4.78, 5) is 25.2. The third kappa shape index (κ3) is 5.05. The summed E-state index contributed by atoms with van der Waals surface area (Å²) >= 11 is 5.87. The Bertz CT molecular complexity index is 488. The second kappa shape index (κ2) is 8.38. The van der Waals surface area contributed by atoms with Gasteiger partial charge in [0.25, 0.3) is 5.91 Å². The molecule has 0 aliphatic rings. The molecule has 5 heteroatoms. The summed E-state index contributed by atoms with van der Waals surface area (Å²) in [7, 11) is 0. The van der Waals surface area contributed by atoms with E-state index in [1.54, 1.807) is 37.3 Å². The molecule has 0 aromatic heterocycles. The maximum atomic E-state index is 12.3. The summed E-state index contributed by atoms with van der Waals surface area (Å²) in [5.74, 6) is -0.503. The largest absolute Gasteiger partial charge is 0.466 e. The lowest BCUT2D eigenvalue weighted by Gasteiger charge is -2.20. The summed E-state index contributed by atoms with van der Waals surface area (Å²) < 4.78 is 4.85. The lowest BCUT2D eigenvalue weighted by molar-refractivity contribution is -0.143. The van der Waals surface area contributed by atoms with Gasteiger partial charge >= 0.3 is 5.97 Å². The number of hydrogen-bond donors (Lipinski definition) is 0. The maximum Gasteiger partial charge on any atom is 0.307 e. The topological polar surface area (TPSA) is 46.6 Å². The van der Waals surface area contributed by atoms with E-state index in [0.29, 0.717) is 23.7 Å². The number of carbonyl (C=O) groups is 2. The van der Waals surface area contributed by atoms with Crippen molar-refractivity contribution in [1.29, 1.82) is 0 Å². The number of amides is 1. The summed E-state index contributed by atoms with van der Waals surface area (Å²) in [6.45, 7) is 6.36. The minimum atomic E-state index is -0.319. The van der Waals surface area contributed by atoms with E-state index in [1.165, 1.54) is 4.90 Å². The second-order valence-electron chi connectivity index (χ2n) is 4.11. The van der Waals surface area contributed by atoms with Crippen LogP contribution in [0.3, 0.4) is 0 Å². The number of rotatable bonds is 7. The van der Waals surface area contributed by atoms with Crippen molar-refractivity contribution in [2.24, 2.45) is 0 Å². The normalized spacial score (nSPS) is 9.90. The molecule has 1 amide bonds. The van der Waals surface area contributed by atoms with Crippen molar-refractivity contribution in [1.82, 2.24) is 4.90 Å². The first-order valence-corrected chi connectivity index (χ1v) is 6.77. The van der Waals surface area contributed by atoms with Crippen molar-refractivity contribution in [3.8, 4) is 0 Å². The molecule has 1 aromatic rings. The molecule has 0 aliphatic carbocycles. The number of halogens is 1. The van der Waals surface area contributed by atoms with E-state index < -0.39 is 0 Å². The summed E-state index contributed by atoms with van der Waals surface area (Å²) in [6.07, 6.45) is 1.78. The van der Waals surface area contributed by atoms with E-state index in [4.69, 9.17) is 16.3 Å². The van der Waals surface area contributed by atoms with Crippen molar-refractivity contribution in [2.45, 2.75) is 13.3 Å². The molecule has 0 saturated heterocycles. The highest BCUT2D eigenvalue weighted by Gasteiger charge is 2.16. The Morgan fingerprint density at radius 3 is 2.80 bits per heavy atom. The Balaban J connectivity index is 2.72. The Morgan fingerprint density at radius 2 is 2.20 bits per heavy atom. The number of nitrogens with zero attached hydrogens (tertiary/aromatic N) is 1. The molecule has 0 bridgehead atoms. The molecule has 20 heavy (non-hydrogen) atoms. The van der Waals surface area contributed by atoms with Gasteiger partial charge in [-0.2, -0.15) is 0 Å². The Morgan fingerprint density at radius 1 is 1.45 bits per heavy atom. The fourth-order valence-electron chi connectivity index (χ4n) is 1.70. The number of esters is 1. The van der Waals surface area contributed by atoms with Crippen LogP contribution in [0, 0.1) is 0 Å². The van der Waals surface area contributed by atoms with Gasteiger partial charge in [0.1, 0.15) is 0 Å². The van der Waals surface area contributed by atoms with Crippen LogP contribution < -0.4 is 0 Å². The average molecular weight is 296 g/mol. The Labute approximate surface area is 124 Å². The van der Waals surface area contributed by atoms with Gasteiger partial charge < -0.3 is 9.64 Å². The van der Waals surface area contributed by atoms with Crippen LogP contribution in [-0.4, -0.2) is 36.5 Å². The Hall–Kier alpha value is -1.81. The SMILES string of the molecule is C=CCN(CCC(=O)OCC)C(=O)c1cccc(Cl)c1. The maximum absolute atomic E-state index is 12.3. The van der Waals surface area contributed by atoms with Crippen molar-refractivity contribution in [3.05, 3.63) is 47.5 Å². The van der Waals surface area contributed by atoms with Gasteiger partial charge in [-0.05, 0) is 25.1 Å². The molecule has 0 radical (unpaired) electrons. The van der Waals surface area contributed by atoms with Gasteiger partial charge in [0.05, 0.1) is 13.0 Å². The molecule has 108 valence electrons. The molecule has 0 atom stereocenters. The molecule has 0 spiro atoms. The van der Waals surface area contributed by atoms with Gasteiger partial charge in [0.2, 0.25) is 0 Å². The molecule has 0 N–H and O–H groups in total. The standard InChI is InChI=1S/C15H18ClNO3/c1-3-9-17(10-8-14(18)20-4-2)15(19)12-6-5-7-13(16)11-12/h3,5-7,11H,1,4,8-10H2,2H3. The first-order valence-electron chi connectivity index (χ1n) is 6.39. The Kier molecular flexibility index (Phi) is 6.81. The summed E-state index contributed by atoms with van der Waals surface area (Å²) in [5, 5.41) is 0.500. The predicted molar refractivity (Wildman–Crippen MR) is 78.8 cm³/mol. The highest BCUT2D eigenvalue weighted by Crippen LogP contribution is 2.13. The van der Waals surface area contributed by atoms with E-state index in [0.717, 1.165) is 0 Å². The van der Waals surface area contributed by atoms with E-state index >= 15 is 0 Å². The molecular formula is C15H18ClNO3. The number of carbonyl (C=O) groups excluding carboxylic acids is 2. The van der Waals surface area contributed by atoms with Crippen LogP contribution >= 0.6 is 11.6 Å². The highest BCUT2D eigenvalue weighted by molar-refractivity contribution is 6.30. The molecular weight excluding hydrogens is 278 g/mol. The summed E-state index contributed by atoms with van der Waals surface area (Å²) in [6, 6.07) is 6.71. The van der Waals surface area contributed by atoms with Crippen LogP contribution in [0.2, 0.25) is 5.02 Å². The van der Waals surface area contributed by atoms with Gasteiger partial charge in [-0.25, -0.2) is 0 Å². The van der Waals surface area contributed by atoms with Gasteiger partial charge in [-0.3, -0.25) is 9.59 Å². The molecule has 0 heterocycles. The van der Waals surface area contributed by atoms with Crippen LogP contribution in [0.25, 0.3) is 0 Å². The second-order valence-corrected chi connectivity index (χ2v) is 4.54. The zero-order valence-corrected chi connectivity index (χ0v) is 12.2. The van der Waals surface area contributed by atoms with Crippen molar-refractivity contribution in [2.75, 3.05) is 19.7 Å². The summed E-state index contributed by atoms with van der Waals surface area (Å²) in [5.41, 5.74) is 0.489. The molecule has 4 nitrogen and oxygen atoms in total. The third-order valence-electron chi connectivity index (χ3n) is 2.60. The minimum absolute atomic E-state index is 0.161. The van der Waals surface area contributed by atoms with E-state index in [-0.39, 0.29) is 24.8 Å². The van der Waals surface area contributed by atoms with Gasteiger partial charge in [0.15, 0.2) is 0 Å². The third-order valence-corrected chi connectivity index (χ3v) is 2.83. The molecule has 1 rings (SSSR count). The molecule has 1 aromatic carbocycles. The zero-order chi connectivity index (χ0) is 15.0. The van der Waals surface area contributed by atoms with Crippen LogP contribution in [0.1, 0.15) is 23.7 Å². The van der Waals surface area contributed by atoms with Crippen molar-refractivity contribution < 1.29 is 14.3 Å². The molecule has 0 fully saturated rings. The van der Waals surface area contributed by atoms with E-state index in [1.807, 2.05) is 0 Å². The quantitative estimate of drug-likeness (QED) is 0.574. The first-order chi connectivity index (χ1) is 9.58. The zero-order valence-electron chi connectivity index (χ0n) is 11.5. The van der Waals surface area contributed by atoms with Crippen LogP contribution in [0.15, 0.2) is 36.9 Å². The minimum Gasteiger partial charge on any atom is -0.466 e. The molecule has 0 unspecified atom stereocenters.